The van der Waals surface area contributed by atoms with Gasteiger partial charge in [0.25, 0.3) is 0 Å². The molecule has 3 rings (SSSR count). The Morgan fingerprint density at radius 3 is 2.40 bits per heavy atom. The highest BCUT2D eigenvalue weighted by atomic mass is 16.5. The van der Waals surface area contributed by atoms with E-state index in [4.69, 9.17) is 9.47 Å². The van der Waals surface area contributed by atoms with Crippen LogP contribution in [0.5, 0.6) is 0 Å². The third-order valence-electron chi connectivity index (χ3n) is 3.89. The van der Waals surface area contributed by atoms with Gasteiger partial charge in [0.05, 0.1) is 38.7 Å². The maximum Gasteiger partial charge on any atom is 0.341 e. The lowest BCUT2D eigenvalue weighted by atomic mass is 10.1. The molecule has 0 bridgehead atoms. The first-order valence-corrected chi connectivity index (χ1v) is 7.88. The number of benzene rings is 1. The minimum absolute atomic E-state index is 0.293. The third kappa shape index (κ3) is 3.95. The summed E-state index contributed by atoms with van der Waals surface area (Å²) in [5.41, 5.74) is 3.39. The van der Waals surface area contributed by atoms with Crippen molar-refractivity contribution in [2.45, 2.75) is 19.7 Å². The molecule has 0 amide bonds. The van der Waals surface area contributed by atoms with Crippen molar-refractivity contribution in [2.24, 2.45) is 0 Å². The zero-order chi connectivity index (χ0) is 17.6. The number of esters is 1. The molecule has 0 N–H and O–H groups in total. The summed E-state index contributed by atoms with van der Waals surface area (Å²) in [7, 11) is 2.94. The molecule has 130 valence electrons. The molecule has 2 aromatic heterocycles. The largest absolute Gasteiger partial charge is 0.465 e. The van der Waals surface area contributed by atoms with Gasteiger partial charge in [-0.25, -0.2) is 4.79 Å². The fourth-order valence-corrected chi connectivity index (χ4v) is 2.62. The first-order chi connectivity index (χ1) is 12.2. The first-order valence-electron chi connectivity index (χ1n) is 7.88. The molecular formula is C18H20N4O3. The van der Waals surface area contributed by atoms with Crippen molar-refractivity contribution in [3.8, 4) is 0 Å². The SMILES string of the molecule is COCc1c(C(=O)OC)cnn1Cc1ccc(Cn2cccn2)cc1. The van der Waals surface area contributed by atoms with Crippen LogP contribution in [0.25, 0.3) is 0 Å². The normalized spacial score (nSPS) is 10.8. The van der Waals surface area contributed by atoms with Gasteiger partial charge in [0.1, 0.15) is 5.56 Å². The average Bonchev–Trinajstić information content (AvgIpc) is 3.27. The minimum atomic E-state index is -0.409. The first kappa shape index (κ1) is 16.9. The summed E-state index contributed by atoms with van der Waals surface area (Å²) in [6, 6.07) is 10.1. The second kappa shape index (κ2) is 7.76. The third-order valence-corrected chi connectivity index (χ3v) is 3.89. The minimum Gasteiger partial charge on any atom is -0.465 e. The predicted molar refractivity (Wildman–Crippen MR) is 91.2 cm³/mol. The van der Waals surface area contributed by atoms with E-state index < -0.39 is 5.97 Å². The summed E-state index contributed by atoms with van der Waals surface area (Å²) in [5, 5.41) is 8.51. The van der Waals surface area contributed by atoms with Gasteiger partial charge in [0.15, 0.2) is 0 Å². The fourth-order valence-electron chi connectivity index (χ4n) is 2.62. The molecule has 1 aromatic carbocycles. The smallest absolute Gasteiger partial charge is 0.341 e. The van der Waals surface area contributed by atoms with Crippen molar-refractivity contribution >= 4 is 5.97 Å². The zero-order valence-electron chi connectivity index (χ0n) is 14.3. The van der Waals surface area contributed by atoms with Crippen molar-refractivity contribution in [1.82, 2.24) is 19.6 Å². The Morgan fingerprint density at radius 2 is 1.80 bits per heavy atom. The molecule has 25 heavy (non-hydrogen) atoms. The number of rotatable bonds is 7. The molecule has 7 heteroatoms. The topological polar surface area (TPSA) is 71.2 Å². The Morgan fingerprint density at radius 1 is 1.08 bits per heavy atom. The summed E-state index contributed by atoms with van der Waals surface area (Å²) < 4.78 is 13.6. The Bertz CT molecular complexity index is 823. The number of aromatic nitrogens is 4. The molecule has 0 aliphatic carbocycles. The lowest BCUT2D eigenvalue weighted by Crippen LogP contribution is -2.11. The number of carbonyl (C=O) groups excluding carboxylic acids is 1. The summed E-state index contributed by atoms with van der Waals surface area (Å²) in [4.78, 5) is 11.8. The Hall–Kier alpha value is -2.93. The number of hydrogen-bond acceptors (Lipinski definition) is 5. The maximum absolute atomic E-state index is 11.8. The molecule has 7 nitrogen and oxygen atoms in total. The van der Waals surface area contributed by atoms with Gasteiger partial charge in [-0.05, 0) is 17.2 Å². The van der Waals surface area contributed by atoms with E-state index in [1.165, 1.54) is 18.9 Å². The molecule has 0 aliphatic rings. The standard InChI is InChI=1S/C18H20N4O3/c1-24-13-17-16(18(23)25-2)10-20-22(17)12-15-6-4-14(5-7-15)11-21-9-3-8-19-21/h3-10H,11-13H2,1-2H3. The highest BCUT2D eigenvalue weighted by Crippen LogP contribution is 2.14. The van der Waals surface area contributed by atoms with E-state index >= 15 is 0 Å². The van der Waals surface area contributed by atoms with E-state index in [9.17, 15) is 4.79 Å². The number of methoxy groups -OCH3 is 2. The van der Waals surface area contributed by atoms with Crippen LogP contribution >= 0.6 is 0 Å². The Labute approximate surface area is 145 Å². The van der Waals surface area contributed by atoms with Crippen LogP contribution in [0.15, 0.2) is 48.9 Å². The number of hydrogen-bond donors (Lipinski definition) is 0. The van der Waals surface area contributed by atoms with Gasteiger partial charge < -0.3 is 9.47 Å². The lowest BCUT2D eigenvalue weighted by Gasteiger charge is -2.09. The molecule has 0 radical (unpaired) electrons. The monoisotopic (exact) mass is 340 g/mol. The fraction of sp³-hybridized carbons (Fsp3) is 0.278. The molecule has 2 heterocycles. The second-order valence-electron chi connectivity index (χ2n) is 5.61. The summed E-state index contributed by atoms with van der Waals surface area (Å²) >= 11 is 0. The molecule has 3 aromatic rings. The Balaban J connectivity index is 1.75. The van der Waals surface area contributed by atoms with Gasteiger partial charge >= 0.3 is 5.97 Å². The predicted octanol–water partition coefficient (Wildman–Crippen LogP) is 2.11. The van der Waals surface area contributed by atoms with Crippen LogP contribution < -0.4 is 0 Å². The van der Waals surface area contributed by atoms with Gasteiger partial charge in [-0.3, -0.25) is 9.36 Å². The van der Waals surface area contributed by atoms with Crippen molar-refractivity contribution in [2.75, 3.05) is 14.2 Å². The Kier molecular flexibility index (Phi) is 5.25. The van der Waals surface area contributed by atoms with Crippen LogP contribution in [0.1, 0.15) is 27.2 Å². The van der Waals surface area contributed by atoms with E-state index in [1.807, 2.05) is 16.9 Å². The number of carbonyl (C=O) groups is 1. The van der Waals surface area contributed by atoms with Crippen molar-refractivity contribution in [1.29, 1.82) is 0 Å². The summed E-state index contributed by atoms with van der Waals surface area (Å²) in [6.07, 6.45) is 5.22. The van der Waals surface area contributed by atoms with Crippen molar-refractivity contribution in [3.63, 3.8) is 0 Å². The van der Waals surface area contributed by atoms with Crippen molar-refractivity contribution in [3.05, 3.63) is 71.3 Å². The molecule has 0 atom stereocenters. The van der Waals surface area contributed by atoms with Gasteiger partial charge in [0.2, 0.25) is 0 Å². The molecular weight excluding hydrogens is 320 g/mol. The van der Waals surface area contributed by atoms with Gasteiger partial charge in [-0.15, -0.1) is 0 Å². The van der Waals surface area contributed by atoms with E-state index in [-0.39, 0.29) is 0 Å². The van der Waals surface area contributed by atoms with E-state index in [2.05, 4.69) is 34.5 Å². The molecule has 0 aliphatic heterocycles. The highest BCUT2D eigenvalue weighted by molar-refractivity contribution is 5.90. The molecule has 0 spiro atoms. The second-order valence-corrected chi connectivity index (χ2v) is 5.61. The van der Waals surface area contributed by atoms with Gasteiger partial charge in [0, 0.05) is 19.5 Å². The van der Waals surface area contributed by atoms with Crippen LogP contribution in [0.3, 0.4) is 0 Å². The van der Waals surface area contributed by atoms with Crippen LogP contribution in [0.4, 0.5) is 0 Å². The van der Waals surface area contributed by atoms with E-state index in [0.29, 0.717) is 24.4 Å². The molecule has 0 unspecified atom stereocenters. The lowest BCUT2D eigenvalue weighted by molar-refractivity contribution is 0.0595. The van der Waals surface area contributed by atoms with Gasteiger partial charge in [-0.2, -0.15) is 10.2 Å². The zero-order valence-corrected chi connectivity index (χ0v) is 14.3. The number of nitrogens with zero attached hydrogens (tertiary/aromatic N) is 4. The van der Waals surface area contributed by atoms with E-state index in [0.717, 1.165) is 12.1 Å². The van der Waals surface area contributed by atoms with Crippen LogP contribution in [0, 0.1) is 0 Å². The van der Waals surface area contributed by atoms with Gasteiger partial charge in [-0.1, -0.05) is 24.3 Å². The molecule has 0 fully saturated rings. The molecule has 0 saturated carbocycles. The maximum atomic E-state index is 11.8. The summed E-state index contributed by atoms with van der Waals surface area (Å²) in [5.74, 6) is -0.409. The van der Waals surface area contributed by atoms with E-state index in [1.54, 1.807) is 18.0 Å². The quantitative estimate of drug-likeness (QED) is 0.616. The van der Waals surface area contributed by atoms with Crippen LogP contribution in [-0.2, 0) is 29.2 Å². The molecule has 0 saturated heterocycles. The highest BCUT2D eigenvalue weighted by Gasteiger charge is 2.18. The average molecular weight is 340 g/mol. The van der Waals surface area contributed by atoms with Crippen molar-refractivity contribution < 1.29 is 14.3 Å². The van der Waals surface area contributed by atoms with Crippen LogP contribution in [-0.4, -0.2) is 39.7 Å². The summed E-state index contributed by atoms with van der Waals surface area (Å²) in [6.45, 7) is 1.58. The number of ether oxygens (including phenoxy) is 2. The van der Waals surface area contributed by atoms with Crippen LogP contribution in [0.2, 0.25) is 0 Å².